The first-order valence-corrected chi connectivity index (χ1v) is 3.15. The van der Waals surface area contributed by atoms with Crippen molar-refractivity contribution >= 4 is 5.84 Å². The van der Waals surface area contributed by atoms with Crippen LogP contribution in [0.15, 0.2) is 17.3 Å². The molecule has 0 saturated carbocycles. The van der Waals surface area contributed by atoms with Crippen molar-refractivity contribution in [2.24, 2.45) is 10.7 Å². The molecule has 0 saturated heterocycles. The highest BCUT2D eigenvalue weighted by molar-refractivity contribution is 5.92. The van der Waals surface area contributed by atoms with E-state index < -0.39 is 5.79 Å². The highest BCUT2D eigenvalue weighted by atomic mass is 15.3. The van der Waals surface area contributed by atoms with Crippen LogP contribution in [0.25, 0.3) is 0 Å². The summed E-state index contributed by atoms with van der Waals surface area (Å²) in [5.41, 5.74) is 5.47. The summed E-state index contributed by atoms with van der Waals surface area (Å²) < 4.78 is 0. The van der Waals surface area contributed by atoms with E-state index in [1.54, 1.807) is 12.3 Å². The topological polar surface area (TPSA) is 62.4 Å². The molecule has 0 aromatic heterocycles. The summed E-state index contributed by atoms with van der Waals surface area (Å²) >= 11 is 0. The smallest absolute Gasteiger partial charge is 0.183 e. The van der Waals surface area contributed by atoms with Crippen molar-refractivity contribution < 1.29 is 0 Å². The van der Waals surface area contributed by atoms with Crippen LogP contribution in [0.1, 0.15) is 6.92 Å². The Kier molecular flexibility index (Phi) is 1.63. The van der Waals surface area contributed by atoms with Gasteiger partial charge in [-0.3, -0.25) is 5.32 Å². The molecule has 4 nitrogen and oxygen atoms in total. The maximum atomic E-state index is 5.47. The maximum absolute atomic E-state index is 5.47. The second-order valence-electron chi connectivity index (χ2n) is 2.34. The predicted molar refractivity (Wildman–Crippen MR) is 41.4 cm³/mol. The Morgan fingerprint density at radius 2 is 2.50 bits per heavy atom. The van der Waals surface area contributed by atoms with Crippen LogP contribution < -0.4 is 16.4 Å². The third-order valence-corrected chi connectivity index (χ3v) is 1.46. The normalized spacial score (nSPS) is 31.2. The predicted octanol–water partition coefficient (Wildman–Crippen LogP) is -0.646. The van der Waals surface area contributed by atoms with Gasteiger partial charge in [0.25, 0.3) is 0 Å². The van der Waals surface area contributed by atoms with E-state index in [-0.39, 0.29) is 0 Å². The fourth-order valence-corrected chi connectivity index (χ4v) is 0.745. The Morgan fingerprint density at radius 3 is 2.90 bits per heavy atom. The molecule has 0 bridgehead atoms. The van der Waals surface area contributed by atoms with E-state index in [9.17, 15) is 0 Å². The summed E-state index contributed by atoms with van der Waals surface area (Å²) in [6, 6.07) is 0. The minimum absolute atomic E-state index is 0.432. The van der Waals surface area contributed by atoms with Crippen LogP contribution in [-0.4, -0.2) is 18.7 Å². The molecule has 56 valence electrons. The van der Waals surface area contributed by atoms with Gasteiger partial charge in [-0.05, 0) is 20.0 Å². The molecule has 4 heteroatoms. The lowest BCUT2D eigenvalue weighted by atomic mass is 10.3. The third kappa shape index (κ3) is 1.27. The molecule has 0 amide bonds. The largest absolute Gasteiger partial charge is 0.384 e. The fourth-order valence-electron chi connectivity index (χ4n) is 0.745. The van der Waals surface area contributed by atoms with E-state index >= 15 is 0 Å². The Bertz CT molecular complexity index is 184. The molecule has 0 aliphatic carbocycles. The summed E-state index contributed by atoms with van der Waals surface area (Å²) in [7, 11) is 1.82. The first-order valence-electron chi connectivity index (χ1n) is 3.15. The SMILES string of the molecule is CNC1(C)N=C(N)C=CN1. The first kappa shape index (κ1) is 7.08. The summed E-state index contributed by atoms with van der Waals surface area (Å²) in [6.45, 7) is 1.91. The van der Waals surface area contributed by atoms with Crippen LogP contribution in [0.3, 0.4) is 0 Å². The number of nitrogens with zero attached hydrogens (tertiary/aromatic N) is 1. The van der Waals surface area contributed by atoms with E-state index in [1.165, 1.54) is 0 Å². The number of aliphatic imine (C=N–C) groups is 1. The zero-order valence-electron chi connectivity index (χ0n) is 6.18. The second kappa shape index (κ2) is 2.30. The van der Waals surface area contributed by atoms with Gasteiger partial charge in [-0.15, -0.1) is 0 Å². The van der Waals surface area contributed by atoms with Crippen molar-refractivity contribution in [1.82, 2.24) is 10.6 Å². The highest BCUT2D eigenvalue weighted by Gasteiger charge is 2.19. The fraction of sp³-hybridized carbons (Fsp3) is 0.500. The number of nitrogens with two attached hydrogens (primary N) is 1. The van der Waals surface area contributed by atoms with E-state index in [1.807, 2.05) is 14.0 Å². The number of hydrogen-bond donors (Lipinski definition) is 3. The summed E-state index contributed by atoms with van der Waals surface area (Å²) in [5.74, 6) is 0.106. The lowest BCUT2D eigenvalue weighted by Crippen LogP contribution is -2.51. The molecule has 0 spiro atoms. The molecular formula is C6H12N4. The van der Waals surface area contributed by atoms with Crippen molar-refractivity contribution in [2.45, 2.75) is 12.7 Å². The summed E-state index contributed by atoms with van der Waals surface area (Å²) in [6.07, 6.45) is 3.50. The van der Waals surface area contributed by atoms with E-state index in [0.717, 1.165) is 0 Å². The molecule has 10 heavy (non-hydrogen) atoms. The van der Waals surface area contributed by atoms with Gasteiger partial charge in [-0.1, -0.05) is 0 Å². The second-order valence-corrected chi connectivity index (χ2v) is 2.34. The van der Waals surface area contributed by atoms with Crippen molar-refractivity contribution in [2.75, 3.05) is 7.05 Å². The molecule has 1 rings (SSSR count). The van der Waals surface area contributed by atoms with Crippen LogP contribution in [-0.2, 0) is 0 Å². The van der Waals surface area contributed by atoms with Crippen molar-refractivity contribution in [3.63, 3.8) is 0 Å². The number of amidine groups is 1. The number of hydrogen-bond acceptors (Lipinski definition) is 4. The monoisotopic (exact) mass is 140 g/mol. The zero-order valence-corrected chi connectivity index (χ0v) is 6.18. The van der Waals surface area contributed by atoms with E-state index in [0.29, 0.717) is 5.84 Å². The van der Waals surface area contributed by atoms with Gasteiger partial charge in [0.05, 0.1) is 0 Å². The van der Waals surface area contributed by atoms with Gasteiger partial charge in [0.1, 0.15) is 5.84 Å². The van der Waals surface area contributed by atoms with Crippen LogP contribution in [0, 0.1) is 0 Å². The molecule has 1 atom stereocenters. The van der Waals surface area contributed by atoms with Gasteiger partial charge in [0.15, 0.2) is 5.79 Å². The van der Waals surface area contributed by atoms with E-state index in [2.05, 4.69) is 15.6 Å². The minimum Gasteiger partial charge on any atom is -0.384 e. The van der Waals surface area contributed by atoms with Crippen LogP contribution in [0.2, 0.25) is 0 Å². The standard InChI is InChI=1S/C6H12N4/c1-6(8-2)9-4-3-5(7)10-6/h3-4,8-9H,1-2H3,(H2,7,10). The average molecular weight is 140 g/mol. The van der Waals surface area contributed by atoms with E-state index in [4.69, 9.17) is 5.73 Å². The molecule has 1 aliphatic rings. The van der Waals surface area contributed by atoms with Gasteiger partial charge in [-0.25, -0.2) is 4.99 Å². The Morgan fingerprint density at radius 1 is 1.80 bits per heavy atom. The summed E-state index contributed by atoms with van der Waals surface area (Å²) in [4.78, 5) is 4.12. The van der Waals surface area contributed by atoms with Gasteiger partial charge in [0, 0.05) is 6.20 Å². The molecule has 1 heterocycles. The molecule has 4 N–H and O–H groups in total. The van der Waals surface area contributed by atoms with Gasteiger partial charge >= 0.3 is 0 Å². The van der Waals surface area contributed by atoms with Gasteiger partial charge < -0.3 is 11.1 Å². The van der Waals surface area contributed by atoms with Crippen LogP contribution >= 0.6 is 0 Å². The van der Waals surface area contributed by atoms with Crippen LogP contribution in [0.5, 0.6) is 0 Å². The zero-order chi connectivity index (χ0) is 7.61. The van der Waals surface area contributed by atoms with Crippen molar-refractivity contribution in [1.29, 1.82) is 0 Å². The highest BCUT2D eigenvalue weighted by Crippen LogP contribution is 2.03. The van der Waals surface area contributed by atoms with Crippen LogP contribution in [0.4, 0.5) is 0 Å². The molecule has 0 fully saturated rings. The number of nitrogens with one attached hydrogen (secondary N) is 2. The quantitative estimate of drug-likeness (QED) is 0.453. The van der Waals surface area contributed by atoms with Gasteiger partial charge in [-0.2, -0.15) is 0 Å². The molecule has 0 aromatic carbocycles. The van der Waals surface area contributed by atoms with Crippen molar-refractivity contribution in [3.8, 4) is 0 Å². The molecule has 1 aliphatic heterocycles. The first-order chi connectivity index (χ1) is 4.66. The molecule has 0 radical (unpaired) electrons. The Hall–Kier alpha value is -1.03. The molecule has 1 unspecified atom stereocenters. The van der Waals surface area contributed by atoms with Crippen molar-refractivity contribution in [3.05, 3.63) is 12.3 Å². The minimum atomic E-state index is -0.432. The average Bonchev–Trinajstić information content (AvgIpc) is 1.88. The Balaban J connectivity index is 2.76. The maximum Gasteiger partial charge on any atom is 0.183 e. The molecular weight excluding hydrogens is 128 g/mol. The lowest BCUT2D eigenvalue weighted by molar-refractivity contribution is 0.356. The Labute approximate surface area is 60.2 Å². The third-order valence-electron chi connectivity index (χ3n) is 1.46. The number of rotatable bonds is 1. The molecule has 0 aromatic rings. The lowest BCUT2D eigenvalue weighted by Gasteiger charge is -2.27. The summed E-state index contributed by atoms with van der Waals surface area (Å²) in [5, 5.41) is 6.00. The van der Waals surface area contributed by atoms with Gasteiger partial charge in [0.2, 0.25) is 0 Å².